The lowest BCUT2D eigenvalue weighted by Gasteiger charge is -2.40. The molecule has 0 radical (unpaired) electrons. The fourth-order valence-electron chi connectivity index (χ4n) is 3.61. The fraction of sp³-hybridized carbons (Fsp3) is 0.318. The molecule has 0 N–H and O–H groups in total. The van der Waals surface area contributed by atoms with Crippen LogP contribution in [-0.4, -0.2) is 48.6 Å². The molecule has 1 aliphatic heterocycles. The lowest BCUT2D eigenvalue weighted by molar-refractivity contribution is 0.0824. The number of benzene rings is 2. The van der Waals surface area contributed by atoms with Gasteiger partial charge in [0.1, 0.15) is 10.8 Å². The lowest BCUT2D eigenvalue weighted by Crippen LogP contribution is -2.46. The summed E-state index contributed by atoms with van der Waals surface area (Å²) in [4.78, 5) is 9.87. The summed E-state index contributed by atoms with van der Waals surface area (Å²) in [5.74, 6) is 0.868. The second-order valence-corrected chi connectivity index (χ2v) is 7.89. The summed E-state index contributed by atoms with van der Waals surface area (Å²) in [6.45, 7) is 4.09. The molecule has 2 aromatic carbocycles. The minimum absolute atomic E-state index is 0.409. The maximum Gasteiger partial charge on any atom is 0.123 e. The molecule has 140 valence electrons. The third-order valence-electron chi connectivity index (χ3n) is 5.11. The van der Waals surface area contributed by atoms with E-state index in [9.17, 15) is 0 Å². The Morgan fingerprint density at radius 3 is 2.78 bits per heavy atom. The Balaban J connectivity index is 1.53. The van der Waals surface area contributed by atoms with Crippen molar-refractivity contribution < 1.29 is 4.74 Å². The van der Waals surface area contributed by atoms with Gasteiger partial charge < -0.3 is 9.64 Å². The van der Waals surface area contributed by atoms with E-state index >= 15 is 0 Å². The second kappa shape index (κ2) is 8.21. The van der Waals surface area contributed by atoms with Crippen molar-refractivity contribution in [3.63, 3.8) is 0 Å². The third kappa shape index (κ3) is 4.21. The quantitative estimate of drug-likeness (QED) is 0.661. The Kier molecular flexibility index (Phi) is 5.53. The molecule has 4 rings (SSSR count). The van der Waals surface area contributed by atoms with Crippen LogP contribution in [0.5, 0.6) is 5.75 Å². The molecule has 1 unspecified atom stereocenters. The molecule has 0 saturated carbocycles. The highest BCUT2D eigenvalue weighted by Crippen LogP contribution is 2.30. The number of rotatable bonds is 5. The topological polar surface area (TPSA) is 28.6 Å². The van der Waals surface area contributed by atoms with Crippen molar-refractivity contribution in [1.29, 1.82) is 0 Å². The van der Waals surface area contributed by atoms with Crippen molar-refractivity contribution in [3.8, 4) is 16.3 Å². The Labute approximate surface area is 165 Å². The number of thiazole rings is 1. The molecule has 27 heavy (non-hydrogen) atoms. The van der Waals surface area contributed by atoms with E-state index in [1.54, 1.807) is 18.4 Å². The molecule has 1 aromatic heterocycles. The Morgan fingerprint density at radius 1 is 1.11 bits per heavy atom. The van der Waals surface area contributed by atoms with Crippen LogP contribution in [0, 0.1) is 0 Å². The minimum atomic E-state index is 0.409. The number of piperazine rings is 1. The van der Waals surface area contributed by atoms with Crippen LogP contribution in [0.4, 0.5) is 0 Å². The van der Waals surface area contributed by atoms with Gasteiger partial charge in [-0.05, 0) is 24.7 Å². The van der Waals surface area contributed by atoms with Gasteiger partial charge in [0.15, 0.2) is 0 Å². The summed E-state index contributed by atoms with van der Waals surface area (Å²) in [5.41, 5.74) is 3.64. The summed E-state index contributed by atoms with van der Waals surface area (Å²) >= 11 is 1.70. The van der Waals surface area contributed by atoms with E-state index in [-0.39, 0.29) is 0 Å². The number of nitrogens with zero attached hydrogens (tertiary/aromatic N) is 3. The number of aromatic nitrogens is 1. The molecular formula is C22H25N3OS. The largest absolute Gasteiger partial charge is 0.497 e. The van der Waals surface area contributed by atoms with Crippen LogP contribution in [0.15, 0.2) is 60.0 Å². The normalized spacial score (nSPS) is 18.5. The van der Waals surface area contributed by atoms with Gasteiger partial charge >= 0.3 is 0 Å². The van der Waals surface area contributed by atoms with Crippen LogP contribution in [0.1, 0.15) is 17.3 Å². The summed E-state index contributed by atoms with van der Waals surface area (Å²) < 4.78 is 5.34. The van der Waals surface area contributed by atoms with Gasteiger partial charge in [-0.3, -0.25) is 4.90 Å². The average molecular weight is 380 g/mol. The monoisotopic (exact) mass is 379 g/mol. The van der Waals surface area contributed by atoms with E-state index in [0.29, 0.717) is 6.04 Å². The van der Waals surface area contributed by atoms with Gasteiger partial charge in [0.2, 0.25) is 0 Å². The molecule has 3 aromatic rings. The maximum atomic E-state index is 5.34. The van der Waals surface area contributed by atoms with Gasteiger partial charge in [-0.25, -0.2) is 4.98 Å². The van der Waals surface area contributed by atoms with E-state index < -0.39 is 0 Å². The van der Waals surface area contributed by atoms with E-state index in [2.05, 4.69) is 58.6 Å². The van der Waals surface area contributed by atoms with Crippen molar-refractivity contribution in [2.45, 2.75) is 12.6 Å². The van der Waals surface area contributed by atoms with Crippen LogP contribution in [0.25, 0.3) is 10.6 Å². The molecule has 5 heteroatoms. The smallest absolute Gasteiger partial charge is 0.123 e. The summed E-state index contributed by atoms with van der Waals surface area (Å²) in [5, 5.41) is 3.24. The number of ether oxygens (including phenoxy) is 1. The van der Waals surface area contributed by atoms with Crippen molar-refractivity contribution in [1.82, 2.24) is 14.8 Å². The zero-order chi connectivity index (χ0) is 18.6. The first-order valence-electron chi connectivity index (χ1n) is 9.29. The number of hydrogen-bond acceptors (Lipinski definition) is 5. The van der Waals surface area contributed by atoms with Gasteiger partial charge in [-0.2, -0.15) is 0 Å². The van der Waals surface area contributed by atoms with Gasteiger partial charge in [-0.15, -0.1) is 11.3 Å². The van der Waals surface area contributed by atoms with E-state index in [1.807, 2.05) is 18.2 Å². The van der Waals surface area contributed by atoms with E-state index in [0.717, 1.165) is 48.2 Å². The summed E-state index contributed by atoms with van der Waals surface area (Å²) in [6.07, 6.45) is 0. The first-order chi connectivity index (χ1) is 13.2. The molecule has 2 heterocycles. The Morgan fingerprint density at radius 2 is 1.96 bits per heavy atom. The fourth-order valence-corrected chi connectivity index (χ4v) is 4.42. The predicted molar refractivity (Wildman–Crippen MR) is 111 cm³/mol. The minimum Gasteiger partial charge on any atom is -0.497 e. The van der Waals surface area contributed by atoms with Crippen LogP contribution in [0.3, 0.4) is 0 Å². The number of likely N-dealkylation sites (N-methyl/N-ethyl adjacent to an activating group) is 1. The SMILES string of the molecule is COc1cccc(-c2nc(CN3CCN(C)CC3c3ccccc3)cs2)c1. The molecule has 0 aliphatic carbocycles. The molecule has 4 nitrogen and oxygen atoms in total. The Bertz CT molecular complexity index is 880. The first-order valence-corrected chi connectivity index (χ1v) is 10.2. The highest BCUT2D eigenvalue weighted by atomic mass is 32.1. The molecular weight excluding hydrogens is 354 g/mol. The van der Waals surface area contributed by atoms with Crippen molar-refractivity contribution in [2.24, 2.45) is 0 Å². The molecule has 1 fully saturated rings. The molecule has 1 atom stereocenters. The van der Waals surface area contributed by atoms with Crippen LogP contribution >= 0.6 is 11.3 Å². The van der Waals surface area contributed by atoms with Gasteiger partial charge in [-0.1, -0.05) is 42.5 Å². The van der Waals surface area contributed by atoms with Crippen LogP contribution in [0.2, 0.25) is 0 Å². The summed E-state index contributed by atoms with van der Waals surface area (Å²) in [6, 6.07) is 19.3. The molecule has 1 saturated heterocycles. The number of methoxy groups -OCH3 is 1. The third-order valence-corrected chi connectivity index (χ3v) is 6.05. The standard InChI is InChI=1S/C22H25N3OS/c1-24-11-12-25(21(15-24)17-7-4-3-5-8-17)14-19-16-27-22(23-19)18-9-6-10-20(13-18)26-2/h3-10,13,16,21H,11-12,14-15H2,1-2H3. The van der Waals surface area contributed by atoms with Crippen molar-refractivity contribution >= 4 is 11.3 Å². The highest BCUT2D eigenvalue weighted by molar-refractivity contribution is 7.13. The van der Waals surface area contributed by atoms with Gasteiger partial charge in [0, 0.05) is 43.2 Å². The maximum absolute atomic E-state index is 5.34. The van der Waals surface area contributed by atoms with Crippen LogP contribution in [-0.2, 0) is 6.54 Å². The predicted octanol–water partition coefficient (Wildman–Crippen LogP) is 4.31. The zero-order valence-corrected chi connectivity index (χ0v) is 16.7. The molecule has 1 aliphatic rings. The highest BCUT2D eigenvalue weighted by Gasteiger charge is 2.27. The van der Waals surface area contributed by atoms with E-state index in [4.69, 9.17) is 9.72 Å². The first kappa shape index (κ1) is 18.2. The number of hydrogen-bond donors (Lipinski definition) is 0. The van der Waals surface area contributed by atoms with Crippen molar-refractivity contribution in [2.75, 3.05) is 33.8 Å². The van der Waals surface area contributed by atoms with Gasteiger partial charge in [0.25, 0.3) is 0 Å². The zero-order valence-electron chi connectivity index (χ0n) is 15.8. The molecule has 0 amide bonds. The molecule has 0 bridgehead atoms. The summed E-state index contributed by atoms with van der Waals surface area (Å²) in [7, 11) is 3.90. The van der Waals surface area contributed by atoms with Gasteiger partial charge in [0.05, 0.1) is 12.8 Å². The average Bonchev–Trinajstić information content (AvgIpc) is 3.19. The lowest BCUT2D eigenvalue weighted by atomic mass is 10.0. The van der Waals surface area contributed by atoms with E-state index in [1.165, 1.54) is 5.56 Å². The van der Waals surface area contributed by atoms with Crippen molar-refractivity contribution in [3.05, 3.63) is 71.2 Å². The van der Waals surface area contributed by atoms with Crippen LogP contribution < -0.4 is 4.74 Å². The molecule has 0 spiro atoms. The second-order valence-electron chi connectivity index (χ2n) is 7.04. The Hall–Kier alpha value is -2.21.